The summed E-state index contributed by atoms with van der Waals surface area (Å²) in [6.45, 7) is 1.09. The Balaban J connectivity index is 1.43. The summed E-state index contributed by atoms with van der Waals surface area (Å²) in [6.07, 6.45) is 4.90. The van der Waals surface area contributed by atoms with E-state index >= 15 is 0 Å². The molecule has 0 radical (unpaired) electrons. The quantitative estimate of drug-likeness (QED) is 0.377. The van der Waals surface area contributed by atoms with Crippen LogP contribution in [-0.4, -0.2) is 45.2 Å². The number of carbonyl (C=O) groups is 1. The Morgan fingerprint density at radius 1 is 1.12 bits per heavy atom. The predicted molar refractivity (Wildman–Crippen MR) is 156 cm³/mol. The molecule has 2 saturated carbocycles. The van der Waals surface area contributed by atoms with Gasteiger partial charge in [0.25, 0.3) is 0 Å². The molecule has 0 bridgehead atoms. The molecule has 6 rings (SSSR count). The molecule has 0 unspecified atom stereocenters. The highest BCUT2D eigenvalue weighted by molar-refractivity contribution is 7.92. The Morgan fingerprint density at radius 3 is 2.52 bits per heavy atom. The van der Waals surface area contributed by atoms with Crippen LogP contribution in [0.3, 0.4) is 0 Å². The second-order valence-electron chi connectivity index (χ2n) is 11.1. The first-order valence-electron chi connectivity index (χ1n) is 13.9. The van der Waals surface area contributed by atoms with E-state index in [0.29, 0.717) is 37.4 Å². The molecule has 208 valence electrons. The molecule has 2 N–H and O–H groups in total. The number of para-hydroxylation sites is 1. The number of rotatable bonds is 6. The summed E-state index contributed by atoms with van der Waals surface area (Å²) < 4.78 is 34.1. The Labute approximate surface area is 238 Å². The summed E-state index contributed by atoms with van der Waals surface area (Å²) in [6, 6.07) is 16.7. The van der Waals surface area contributed by atoms with E-state index < -0.39 is 15.3 Å². The van der Waals surface area contributed by atoms with Crippen LogP contribution in [0.5, 0.6) is 0 Å². The van der Waals surface area contributed by atoms with Crippen LogP contribution in [0.15, 0.2) is 48.5 Å². The van der Waals surface area contributed by atoms with Crippen molar-refractivity contribution in [3.8, 4) is 27.1 Å². The summed E-state index contributed by atoms with van der Waals surface area (Å²) in [5, 5.41) is 13.4. The number of anilines is 1. The van der Waals surface area contributed by atoms with Gasteiger partial charge in [0.1, 0.15) is 16.4 Å². The normalized spacial score (nSPS) is 23.2. The van der Waals surface area contributed by atoms with Crippen LogP contribution >= 0.6 is 11.3 Å². The monoisotopic (exact) mass is 577 g/mol. The summed E-state index contributed by atoms with van der Waals surface area (Å²) in [7, 11) is -2.54. The molecule has 3 aromatic rings. The van der Waals surface area contributed by atoms with Crippen molar-refractivity contribution in [2.75, 3.05) is 29.5 Å². The highest BCUT2D eigenvalue weighted by Gasteiger charge is 2.47. The van der Waals surface area contributed by atoms with Gasteiger partial charge >= 0.3 is 0 Å². The van der Waals surface area contributed by atoms with Crippen LogP contribution in [0, 0.1) is 27.8 Å². The van der Waals surface area contributed by atoms with Gasteiger partial charge in [0.05, 0.1) is 16.6 Å². The molecule has 1 aliphatic heterocycles. The fourth-order valence-electron chi connectivity index (χ4n) is 5.89. The lowest BCUT2D eigenvalue weighted by atomic mass is 9.76. The molecule has 2 heterocycles. The summed E-state index contributed by atoms with van der Waals surface area (Å²) in [5.74, 6) is -0.0909. The van der Waals surface area contributed by atoms with E-state index in [9.17, 15) is 18.7 Å². The Kier molecular flexibility index (Phi) is 7.13. The van der Waals surface area contributed by atoms with Crippen LogP contribution < -0.4 is 10.2 Å². The average Bonchev–Trinajstić information content (AvgIpc) is 3.60. The fraction of sp³-hybridized carbons (Fsp3) is 0.433. The molecule has 2 atom stereocenters. The van der Waals surface area contributed by atoms with Crippen molar-refractivity contribution in [3.63, 3.8) is 0 Å². The molecule has 3 aliphatic rings. The largest absolute Gasteiger partial charge is 0.369 e. The highest BCUT2D eigenvalue weighted by Crippen LogP contribution is 2.48. The second kappa shape index (κ2) is 10.6. The van der Waals surface area contributed by atoms with Crippen LogP contribution in [0.25, 0.3) is 21.0 Å². The predicted octanol–water partition coefficient (Wildman–Crippen LogP) is 5.93. The van der Waals surface area contributed by atoms with Crippen molar-refractivity contribution in [1.82, 2.24) is 10.3 Å². The first-order chi connectivity index (χ1) is 19.3. The summed E-state index contributed by atoms with van der Waals surface area (Å²) >= 11 is 1.55. The number of hydrogen-bond acceptors (Lipinski definition) is 7. The molecular weight excluding hydrogens is 545 g/mol. The Hall–Kier alpha value is -3.29. The Bertz CT molecular complexity index is 1560. The molecule has 7 nitrogen and oxygen atoms in total. The third-order valence-corrected chi connectivity index (χ3v) is 11.2. The fourth-order valence-corrected chi connectivity index (χ4v) is 8.30. The van der Waals surface area contributed by atoms with Crippen LogP contribution in [0.2, 0.25) is 0 Å². The smallest absolute Gasteiger partial charge is 0.225 e. The lowest BCUT2D eigenvalue weighted by molar-refractivity contribution is -0.127. The zero-order valence-corrected chi connectivity index (χ0v) is 23.8. The lowest BCUT2D eigenvalue weighted by Crippen LogP contribution is -2.42. The number of nitrogens with zero attached hydrogens (tertiary/aromatic N) is 3. The summed E-state index contributed by atoms with van der Waals surface area (Å²) in [5.41, 5.74) is 2.98. The van der Waals surface area contributed by atoms with Gasteiger partial charge in [-0.15, -0.1) is 11.3 Å². The number of nitriles is 1. The van der Waals surface area contributed by atoms with Gasteiger partial charge in [-0.1, -0.05) is 31.0 Å². The van der Waals surface area contributed by atoms with Crippen molar-refractivity contribution in [2.45, 2.75) is 50.0 Å². The highest BCUT2D eigenvalue weighted by atomic mass is 32.2. The van der Waals surface area contributed by atoms with Gasteiger partial charge in [0.15, 0.2) is 0 Å². The number of nitrogens with one attached hydrogen (secondary N) is 2. The van der Waals surface area contributed by atoms with Gasteiger partial charge < -0.3 is 10.2 Å². The minimum Gasteiger partial charge on any atom is -0.369 e. The number of aromatic nitrogens is 1. The van der Waals surface area contributed by atoms with E-state index in [0.717, 1.165) is 58.1 Å². The second-order valence-corrected chi connectivity index (χ2v) is 14.6. The Morgan fingerprint density at radius 2 is 1.82 bits per heavy atom. The standard InChI is InChI=1S/C30H32FN5O2S2/c31-21-11-9-20(10-12-21)29-34-26(22-5-1-2-6-23(22)28(37)35-30(19-32)13-14-30)27(39-29)24-7-3-4-8-25(24)36-15-17-40(33,38)18-16-36/h3-4,7-12,22-23,33H,1-2,5-6,13-18H2,(H,35,37)/t22-,23-/m1/s1. The van der Waals surface area contributed by atoms with E-state index in [1.54, 1.807) is 23.5 Å². The minimum atomic E-state index is -2.54. The molecule has 1 amide bonds. The maximum absolute atomic E-state index is 13.7. The molecule has 2 aromatic carbocycles. The van der Waals surface area contributed by atoms with Crippen LogP contribution in [-0.2, 0) is 14.5 Å². The van der Waals surface area contributed by atoms with E-state index in [1.165, 1.54) is 12.1 Å². The van der Waals surface area contributed by atoms with Gasteiger partial charge in [-0.25, -0.2) is 13.6 Å². The first-order valence-corrected chi connectivity index (χ1v) is 16.6. The molecule has 3 fully saturated rings. The molecule has 1 saturated heterocycles. The molecule has 40 heavy (non-hydrogen) atoms. The van der Waals surface area contributed by atoms with E-state index in [2.05, 4.69) is 28.4 Å². The van der Waals surface area contributed by atoms with Crippen molar-refractivity contribution in [2.24, 2.45) is 5.92 Å². The van der Waals surface area contributed by atoms with Gasteiger partial charge in [-0.3, -0.25) is 9.57 Å². The van der Waals surface area contributed by atoms with Crippen LogP contribution in [0.4, 0.5) is 10.1 Å². The van der Waals surface area contributed by atoms with Gasteiger partial charge in [-0.2, -0.15) is 5.26 Å². The SMILES string of the molecule is N#CC1(NC(=O)[C@@H]2CCCC[C@H]2c2nc(-c3ccc(F)cc3)sc2-c2ccccc2N2CCS(=N)(=O)CC2)CC1. The van der Waals surface area contributed by atoms with Crippen molar-refractivity contribution < 1.29 is 13.4 Å². The van der Waals surface area contributed by atoms with Crippen molar-refractivity contribution >= 4 is 32.7 Å². The van der Waals surface area contributed by atoms with Gasteiger partial charge in [0, 0.05) is 63.0 Å². The maximum atomic E-state index is 13.7. The van der Waals surface area contributed by atoms with E-state index in [1.807, 2.05) is 12.1 Å². The number of halogens is 1. The number of hydrogen-bond donors (Lipinski definition) is 2. The molecular formula is C30H32FN5O2S2. The number of amides is 1. The average molecular weight is 578 g/mol. The van der Waals surface area contributed by atoms with Gasteiger partial charge in [-0.05, 0) is 56.0 Å². The zero-order valence-electron chi connectivity index (χ0n) is 22.2. The third kappa shape index (κ3) is 5.37. The number of thiazole rings is 1. The van der Waals surface area contributed by atoms with Gasteiger partial charge in [0.2, 0.25) is 5.91 Å². The van der Waals surface area contributed by atoms with E-state index in [4.69, 9.17) is 9.76 Å². The topological polar surface area (TPSA) is 110 Å². The number of benzene rings is 2. The zero-order chi connectivity index (χ0) is 27.9. The maximum Gasteiger partial charge on any atom is 0.225 e. The van der Waals surface area contributed by atoms with Crippen molar-refractivity contribution in [3.05, 3.63) is 60.0 Å². The first kappa shape index (κ1) is 26.9. The molecule has 0 spiro atoms. The number of carbonyl (C=O) groups excluding carboxylic acids is 1. The summed E-state index contributed by atoms with van der Waals surface area (Å²) in [4.78, 5) is 21.9. The van der Waals surface area contributed by atoms with E-state index in [-0.39, 0.29) is 23.6 Å². The molecule has 10 heteroatoms. The van der Waals surface area contributed by atoms with Crippen LogP contribution in [0.1, 0.15) is 50.1 Å². The molecule has 1 aromatic heterocycles. The third-order valence-electron chi connectivity index (χ3n) is 8.40. The van der Waals surface area contributed by atoms with Crippen molar-refractivity contribution in [1.29, 1.82) is 10.0 Å². The minimum absolute atomic E-state index is 0.0689. The molecule has 2 aliphatic carbocycles. The lowest BCUT2D eigenvalue weighted by Gasteiger charge is -2.33.